The first-order valence-corrected chi connectivity index (χ1v) is 12.5. The number of sulfonamides is 1. The van der Waals surface area contributed by atoms with Crippen LogP contribution in [0.15, 0.2) is 59.5 Å². The number of fused-ring (bicyclic) bond motifs is 1. The molecule has 1 saturated heterocycles. The van der Waals surface area contributed by atoms with Crippen molar-refractivity contribution in [2.45, 2.75) is 48.6 Å². The largest absolute Gasteiger partial charge is 0.497 e. The SMILES string of the molecule is COc1ccc(S(=O)(=O)N[C@H](C(=O)N2CC[C@@]3(O)CCCC[C@H]3C2)c2ccccc2)cc1. The Hall–Kier alpha value is -2.42. The van der Waals surface area contributed by atoms with E-state index in [1.54, 1.807) is 41.3 Å². The third kappa shape index (κ3) is 4.67. The molecule has 2 aliphatic rings. The zero-order valence-corrected chi connectivity index (χ0v) is 19.1. The molecule has 1 heterocycles. The van der Waals surface area contributed by atoms with Gasteiger partial charge in [-0.2, -0.15) is 4.72 Å². The number of rotatable bonds is 6. The summed E-state index contributed by atoms with van der Waals surface area (Å²) in [6.45, 7) is 0.863. The summed E-state index contributed by atoms with van der Waals surface area (Å²) in [6, 6.07) is 13.9. The van der Waals surface area contributed by atoms with E-state index < -0.39 is 21.7 Å². The van der Waals surface area contributed by atoms with Gasteiger partial charge in [0.15, 0.2) is 0 Å². The van der Waals surface area contributed by atoms with Gasteiger partial charge in [0.1, 0.15) is 11.8 Å². The van der Waals surface area contributed by atoms with Gasteiger partial charge in [-0.05, 0) is 49.1 Å². The van der Waals surface area contributed by atoms with Gasteiger partial charge in [0.25, 0.3) is 0 Å². The van der Waals surface area contributed by atoms with Crippen LogP contribution in [0.5, 0.6) is 5.75 Å². The van der Waals surface area contributed by atoms with Gasteiger partial charge >= 0.3 is 0 Å². The minimum Gasteiger partial charge on any atom is -0.497 e. The lowest BCUT2D eigenvalue weighted by Gasteiger charge is -2.48. The van der Waals surface area contributed by atoms with Crippen LogP contribution in [0.25, 0.3) is 0 Å². The first-order valence-electron chi connectivity index (χ1n) is 11.0. The molecule has 0 unspecified atom stereocenters. The molecule has 1 saturated carbocycles. The number of piperidine rings is 1. The zero-order chi connectivity index (χ0) is 22.8. The number of hydrogen-bond acceptors (Lipinski definition) is 5. The van der Waals surface area contributed by atoms with Crippen molar-refractivity contribution in [3.63, 3.8) is 0 Å². The third-order valence-corrected chi connectivity index (χ3v) is 8.20. The molecule has 8 heteroatoms. The van der Waals surface area contributed by atoms with Gasteiger partial charge in [-0.15, -0.1) is 0 Å². The van der Waals surface area contributed by atoms with Gasteiger partial charge in [0.05, 0.1) is 17.6 Å². The predicted octanol–water partition coefficient (Wildman–Crippen LogP) is 2.87. The molecule has 172 valence electrons. The molecule has 2 aromatic carbocycles. The summed E-state index contributed by atoms with van der Waals surface area (Å²) in [5.41, 5.74) is -0.126. The fourth-order valence-electron chi connectivity index (χ4n) is 4.84. The molecule has 0 aromatic heterocycles. The van der Waals surface area contributed by atoms with Crippen LogP contribution in [0.4, 0.5) is 0 Å². The van der Waals surface area contributed by atoms with E-state index in [0.29, 0.717) is 30.8 Å². The summed E-state index contributed by atoms with van der Waals surface area (Å²) in [4.78, 5) is 15.4. The first-order chi connectivity index (χ1) is 15.3. The molecule has 4 rings (SSSR count). The number of hydrogen-bond donors (Lipinski definition) is 2. The average Bonchev–Trinajstić information content (AvgIpc) is 2.82. The maximum Gasteiger partial charge on any atom is 0.245 e. The molecular weight excluding hydrogens is 428 g/mol. The zero-order valence-electron chi connectivity index (χ0n) is 18.2. The molecule has 2 fully saturated rings. The molecule has 3 atom stereocenters. The van der Waals surface area contributed by atoms with Crippen LogP contribution in [-0.2, 0) is 14.8 Å². The smallest absolute Gasteiger partial charge is 0.245 e. The Morgan fingerprint density at radius 3 is 2.53 bits per heavy atom. The number of carbonyl (C=O) groups excluding carboxylic acids is 1. The summed E-state index contributed by atoms with van der Waals surface area (Å²) in [7, 11) is -2.44. The molecule has 0 spiro atoms. The fraction of sp³-hybridized carbons (Fsp3) is 0.458. The summed E-state index contributed by atoms with van der Waals surface area (Å²) in [5.74, 6) is 0.289. The molecule has 7 nitrogen and oxygen atoms in total. The Morgan fingerprint density at radius 2 is 1.84 bits per heavy atom. The Labute approximate surface area is 189 Å². The first kappa shape index (κ1) is 22.8. The summed E-state index contributed by atoms with van der Waals surface area (Å²) in [5, 5.41) is 11.0. The van der Waals surface area contributed by atoms with E-state index in [4.69, 9.17) is 4.74 Å². The maximum absolute atomic E-state index is 13.6. The number of likely N-dealkylation sites (tertiary alicyclic amines) is 1. The van der Waals surface area contributed by atoms with Crippen molar-refractivity contribution in [3.8, 4) is 5.75 Å². The minimum atomic E-state index is -3.95. The lowest BCUT2D eigenvalue weighted by molar-refractivity contribution is -0.145. The number of carbonyl (C=O) groups is 1. The highest BCUT2D eigenvalue weighted by Crippen LogP contribution is 2.40. The van der Waals surface area contributed by atoms with Crippen LogP contribution in [-0.4, -0.2) is 50.1 Å². The molecule has 1 amide bonds. The van der Waals surface area contributed by atoms with E-state index in [2.05, 4.69) is 4.72 Å². The Bertz CT molecular complexity index is 1040. The van der Waals surface area contributed by atoms with Crippen LogP contribution in [0.1, 0.15) is 43.7 Å². The van der Waals surface area contributed by atoms with Crippen LogP contribution < -0.4 is 9.46 Å². The standard InChI is InChI=1S/C24H30N2O5S/c1-31-20-10-12-21(13-11-20)32(29,30)25-22(18-7-3-2-4-8-18)23(27)26-16-15-24(28)14-6-5-9-19(24)17-26/h2-4,7-8,10-13,19,22,25,28H,5-6,9,14-17H2,1H3/t19-,22-,24-/m0/s1. The van der Waals surface area contributed by atoms with Crippen LogP contribution in [0.2, 0.25) is 0 Å². The monoisotopic (exact) mass is 458 g/mol. The highest BCUT2D eigenvalue weighted by atomic mass is 32.2. The third-order valence-electron chi connectivity index (χ3n) is 6.76. The molecule has 1 aliphatic heterocycles. The van der Waals surface area contributed by atoms with Crippen LogP contribution >= 0.6 is 0 Å². The van der Waals surface area contributed by atoms with Crippen molar-refractivity contribution in [1.82, 2.24) is 9.62 Å². The van der Waals surface area contributed by atoms with Crippen LogP contribution in [0.3, 0.4) is 0 Å². The number of benzene rings is 2. The van der Waals surface area contributed by atoms with Gasteiger partial charge in [0, 0.05) is 19.0 Å². The number of nitrogens with zero attached hydrogens (tertiary/aromatic N) is 1. The number of ether oxygens (including phenoxy) is 1. The van der Waals surface area contributed by atoms with Gasteiger partial charge in [-0.25, -0.2) is 8.42 Å². The quantitative estimate of drug-likeness (QED) is 0.694. The van der Waals surface area contributed by atoms with E-state index in [0.717, 1.165) is 25.7 Å². The molecule has 0 bridgehead atoms. The molecular formula is C24H30N2O5S. The predicted molar refractivity (Wildman–Crippen MR) is 121 cm³/mol. The average molecular weight is 459 g/mol. The van der Waals surface area contributed by atoms with E-state index in [9.17, 15) is 18.3 Å². The highest BCUT2D eigenvalue weighted by molar-refractivity contribution is 7.89. The van der Waals surface area contributed by atoms with Crippen molar-refractivity contribution in [3.05, 3.63) is 60.2 Å². The molecule has 2 aromatic rings. The second-order valence-corrected chi connectivity index (χ2v) is 10.4. The summed E-state index contributed by atoms with van der Waals surface area (Å²) < 4.78 is 34.0. The Morgan fingerprint density at radius 1 is 1.12 bits per heavy atom. The van der Waals surface area contributed by atoms with E-state index >= 15 is 0 Å². The van der Waals surface area contributed by atoms with Crippen molar-refractivity contribution in [1.29, 1.82) is 0 Å². The number of methoxy groups -OCH3 is 1. The van der Waals surface area contributed by atoms with Gasteiger partial charge in [0.2, 0.25) is 15.9 Å². The second kappa shape index (κ2) is 9.21. The molecule has 1 aliphatic carbocycles. The van der Waals surface area contributed by atoms with E-state index in [1.165, 1.54) is 19.2 Å². The Kier molecular flexibility index (Phi) is 6.55. The van der Waals surface area contributed by atoms with Crippen molar-refractivity contribution in [2.24, 2.45) is 5.92 Å². The molecule has 2 N–H and O–H groups in total. The van der Waals surface area contributed by atoms with Gasteiger partial charge in [-0.1, -0.05) is 43.2 Å². The normalized spacial score (nSPS) is 24.4. The second-order valence-electron chi connectivity index (χ2n) is 8.72. The maximum atomic E-state index is 13.6. The van der Waals surface area contributed by atoms with Gasteiger partial charge in [-0.3, -0.25) is 4.79 Å². The van der Waals surface area contributed by atoms with Crippen LogP contribution in [0, 0.1) is 5.92 Å². The van der Waals surface area contributed by atoms with Crippen molar-refractivity contribution < 1.29 is 23.1 Å². The summed E-state index contributed by atoms with van der Waals surface area (Å²) in [6.07, 6.45) is 4.23. The van der Waals surface area contributed by atoms with Crippen molar-refractivity contribution in [2.75, 3.05) is 20.2 Å². The number of amides is 1. The lowest BCUT2D eigenvalue weighted by Crippen LogP contribution is -2.56. The molecule has 32 heavy (non-hydrogen) atoms. The Balaban J connectivity index is 1.59. The highest BCUT2D eigenvalue weighted by Gasteiger charge is 2.45. The van der Waals surface area contributed by atoms with Crippen molar-refractivity contribution >= 4 is 15.9 Å². The number of aliphatic hydroxyl groups is 1. The fourth-order valence-corrected chi connectivity index (χ4v) is 6.02. The topological polar surface area (TPSA) is 95.9 Å². The van der Waals surface area contributed by atoms with Gasteiger partial charge < -0.3 is 14.7 Å². The minimum absolute atomic E-state index is 0.0311. The molecule has 0 radical (unpaired) electrons. The summed E-state index contributed by atoms with van der Waals surface area (Å²) >= 11 is 0. The lowest BCUT2D eigenvalue weighted by atomic mass is 9.71. The van der Waals surface area contributed by atoms with E-state index in [-0.39, 0.29) is 16.7 Å². The van der Waals surface area contributed by atoms with E-state index in [1.807, 2.05) is 6.07 Å². The number of nitrogens with one attached hydrogen (secondary N) is 1.